The minimum Gasteiger partial charge on any atom is -0.318 e. The van der Waals surface area contributed by atoms with Crippen molar-refractivity contribution >= 4 is 0 Å². The number of hydrogen-bond acceptors (Lipinski definition) is 2. The summed E-state index contributed by atoms with van der Waals surface area (Å²) >= 11 is 0. The van der Waals surface area contributed by atoms with E-state index in [4.69, 9.17) is 0 Å². The maximum Gasteiger partial charge on any atom is 0.132 e. The molecule has 2 aromatic rings. The van der Waals surface area contributed by atoms with Gasteiger partial charge in [-0.2, -0.15) is 0 Å². The normalized spacial score (nSPS) is 10.6. The highest BCUT2D eigenvalue weighted by atomic mass is 15.3. The zero-order valence-electron chi connectivity index (χ0n) is 10.3. The first-order valence-electron chi connectivity index (χ1n) is 6.30. The lowest BCUT2D eigenvalue weighted by Crippen LogP contribution is -2.03. The van der Waals surface area contributed by atoms with Crippen LogP contribution >= 0.6 is 0 Å². The Morgan fingerprint density at radius 3 is 2.71 bits per heavy atom. The van der Waals surface area contributed by atoms with Crippen molar-refractivity contribution in [2.75, 3.05) is 0 Å². The van der Waals surface area contributed by atoms with Crippen molar-refractivity contribution in [2.24, 2.45) is 0 Å². The molecule has 1 aromatic carbocycles. The fourth-order valence-corrected chi connectivity index (χ4v) is 2.00. The molecule has 3 nitrogen and oxygen atoms in total. The van der Waals surface area contributed by atoms with Crippen LogP contribution in [0.1, 0.15) is 31.2 Å². The van der Waals surface area contributed by atoms with Crippen LogP contribution in [0.5, 0.6) is 0 Å². The van der Waals surface area contributed by atoms with E-state index in [1.807, 2.05) is 6.33 Å². The second-order valence-corrected chi connectivity index (χ2v) is 4.28. The molecule has 0 aliphatic heterocycles. The van der Waals surface area contributed by atoms with Gasteiger partial charge in [0.15, 0.2) is 0 Å². The lowest BCUT2D eigenvalue weighted by atomic mass is 10.1. The molecule has 90 valence electrons. The molecule has 0 saturated carbocycles. The second kappa shape index (κ2) is 6.18. The Balaban J connectivity index is 1.84. The molecule has 2 rings (SSSR count). The number of aryl methyl sites for hydroxylation is 3. The van der Waals surface area contributed by atoms with E-state index in [2.05, 4.69) is 52.0 Å². The Morgan fingerprint density at radius 2 is 1.94 bits per heavy atom. The Hall–Kier alpha value is -1.64. The Labute approximate surface area is 103 Å². The predicted molar refractivity (Wildman–Crippen MR) is 68.8 cm³/mol. The first kappa shape index (κ1) is 11.8. The summed E-state index contributed by atoms with van der Waals surface area (Å²) in [5.41, 5.74) is 1.40. The van der Waals surface area contributed by atoms with Crippen molar-refractivity contribution in [1.82, 2.24) is 14.8 Å². The van der Waals surface area contributed by atoms with E-state index in [9.17, 15) is 0 Å². The molecule has 0 atom stereocenters. The number of hydrogen-bond donors (Lipinski definition) is 0. The van der Waals surface area contributed by atoms with Gasteiger partial charge in [-0.05, 0) is 24.8 Å². The quantitative estimate of drug-likeness (QED) is 0.762. The third kappa shape index (κ3) is 3.41. The zero-order valence-corrected chi connectivity index (χ0v) is 10.3. The first-order valence-corrected chi connectivity index (χ1v) is 6.30. The number of benzene rings is 1. The summed E-state index contributed by atoms with van der Waals surface area (Å²) in [6, 6.07) is 10.6. The summed E-state index contributed by atoms with van der Waals surface area (Å²) in [4.78, 5) is 0. The average molecular weight is 229 g/mol. The average Bonchev–Trinajstić information content (AvgIpc) is 2.79. The summed E-state index contributed by atoms with van der Waals surface area (Å²) in [6.07, 6.45) is 6.21. The molecule has 1 heterocycles. The van der Waals surface area contributed by atoms with Crippen LogP contribution in [-0.2, 0) is 19.4 Å². The highest BCUT2D eigenvalue weighted by Crippen LogP contribution is 2.06. The fourth-order valence-electron chi connectivity index (χ4n) is 2.00. The maximum atomic E-state index is 4.18. The van der Waals surface area contributed by atoms with Crippen molar-refractivity contribution in [3.63, 3.8) is 0 Å². The summed E-state index contributed by atoms with van der Waals surface area (Å²) in [5.74, 6) is 1.11. The smallest absolute Gasteiger partial charge is 0.132 e. The molecule has 0 aliphatic rings. The lowest BCUT2D eigenvalue weighted by molar-refractivity contribution is 0.622. The van der Waals surface area contributed by atoms with Gasteiger partial charge in [0.2, 0.25) is 0 Å². The number of rotatable bonds is 6. The topological polar surface area (TPSA) is 30.7 Å². The second-order valence-electron chi connectivity index (χ2n) is 4.28. The van der Waals surface area contributed by atoms with Crippen molar-refractivity contribution in [3.05, 3.63) is 48.0 Å². The van der Waals surface area contributed by atoms with E-state index < -0.39 is 0 Å². The van der Waals surface area contributed by atoms with Crippen LogP contribution in [0, 0.1) is 0 Å². The summed E-state index contributed by atoms with van der Waals surface area (Å²) in [7, 11) is 0. The van der Waals surface area contributed by atoms with E-state index in [0.717, 1.165) is 38.1 Å². The largest absolute Gasteiger partial charge is 0.318 e. The van der Waals surface area contributed by atoms with Crippen molar-refractivity contribution in [1.29, 1.82) is 0 Å². The minimum atomic E-state index is 1.01. The Morgan fingerprint density at radius 1 is 1.12 bits per heavy atom. The Bertz CT molecular complexity index is 434. The van der Waals surface area contributed by atoms with Crippen molar-refractivity contribution in [3.8, 4) is 0 Å². The molecule has 0 spiro atoms. The van der Waals surface area contributed by atoms with Gasteiger partial charge < -0.3 is 4.57 Å². The van der Waals surface area contributed by atoms with Gasteiger partial charge in [-0.15, -0.1) is 10.2 Å². The summed E-state index contributed by atoms with van der Waals surface area (Å²) < 4.78 is 2.16. The van der Waals surface area contributed by atoms with Gasteiger partial charge in [0.25, 0.3) is 0 Å². The van der Waals surface area contributed by atoms with Crippen molar-refractivity contribution < 1.29 is 0 Å². The van der Waals surface area contributed by atoms with E-state index >= 15 is 0 Å². The van der Waals surface area contributed by atoms with Gasteiger partial charge in [0, 0.05) is 13.0 Å². The molecule has 0 unspecified atom stereocenters. The Kier molecular flexibility index (Phi) is 4.30. The molecule has 3 heteroatoms. The van der Waals surface area contributed by atoms with Crippen LogP contribution in [0.2, 0.25) is 0 Å². The number of aromatic nitrogens is 3. The van der Waals surface area contributed by atoms with Crippen LogP contribution in [0.25, 0.3) is 0 Å². The van der Waals surface area contributed by atoms with Gasteiger partial charge in [-0.25, -0.2) is 0 Å². The molecule has 0 fully saturated rings. The molecule has 0 aliphatic carbocycles. The van der Waals surface area contributed by atoms with Crippen molar-refractivity contribution in [2.45, 2.75) is 39.2 Å². The van der Waals surface area contributed by atoms with Crippen LogP contribution in [0.4, 0.5) is 0 Å². The zero-order chi connectivity index (χ0) is 11.9. The molecule has 0 radical (unpaired) electrons. The highest BCUT2D eigenvalue weighted by Gasteiger charge is 2.03. The van der Waals surface area contributed by atoms with E-state index in [1.54, 1.807) is 0 Å². The molecular formula is C14H19N3. The molecular weight excluding hydrogens is 210 g/mol. The van der Waals surface area contributed by atoms with Crippen LogP contribution in [0.15, 0.2) is 36.7 Å². The number of nitrogens with zero attached hydrogens (tertiary/aromatic N) is 3. The molecule has 0 N–H and O–H groups in total. The lowest BCUT2D eigenvalue weighted by Gasteiger charge is -2.04. The van der Waals surface area contributed by atoms with Gasteiger partial charge in [-0.3, -0.25) is 0 Å². The summed E-state index contributed by atoms with van der Waals surface area (Å²) in [6.45, 7) is 3.20. The van der Waals surface area contributed by atoms with Crippen LogP contribution < -0.4 is 0 Å². The van der Waals surface area contributed by atoms with E-state index in [-0.39, 0.29) is 0 Å². The van der Waals surface area contributed by atoms with Crippen LogP contribution in [0.3, 0.4) is 0 Å². The van der Waals surface area contributed by atoms with Gasteiger partial charge >= 0.3 is 0 Å². The molecule has 0 bridgehead atoms. The first-order chi connectivity index (χ1) is 8.40. The van der Waals surface area contributed by atoms with Crippen LogP contribution in [-0.4, -0.2) is 14.8 Å². The predicted octanol–water partition coefficient (Wildman–Crippen LogP) is 2.86. The van der Waals surface area contributed by atoms with Gasteiger partial charge in [0.1, 0.15) is 12.2 Å². The summed E-state index contributed by atoms with van der Waals surface area (Å²) in [5, 5.41) is 8.16. The third-order valence-corrected chi connectivity index (χ3v) is 2.87. The standard InChI is InChI=1S/C14H19N3/c1-2-11-17-12-15-16-14(17)10-6-9-13-7-4-3-5-8-13/h3-5,7-8,12H,2,6,9-11H2,1H3. The molecule has 1 aromatic heterocycles. The SMILES string of the molecule is CCCn1cnnc1CCCc1ccccc1. The molecule has 0 amide bonds. The highest BCUT2D eigenvalue weighted by molar-refractivity contribution is 5.14. The third-order valence-electron chi connectivity index (χ3n) is 2.87. The monoisotopic (exact) mass is 229 g/mol. The van der Waals surface area contributed by atoms with Gasteiger partial charge in [0.05, 0.1) is 0 Å². The minimum absolute atomic E-state index is 1.01. The van der Waals surface area contributed by atoms with Gasteiger partial charge in [-0.1, -0.05) is 37.3 Å². The molecule has 0 saturated heterocycles. The van der Waals surface area contributed by atoms with E-state index in [1.165, 1.54) is 5.56 Å². The maximum absolute atomic E-state index is 4.18. The fraction of sp³-hybridized carbons (Fsp3) is 0.429. The van der Waals surface area contributed by atoms with E-state index in [0.29, 0.717) is 0 Å². The molecule has 17 heavy (non-hydrogen) atoms.